The number of hydrogen-bond donors (Lipinski definition) is 0. The first-order chi connectivity index (χ1) is 7.90. The molecule has 0 aromatic carbocycles. The van der Waals surface area contributed by atoms with Gasteiger partial charge in [-0.15, -0.1) is 0 Å². The molecule has 0 aliphatic rings. The van der Waals surface area contributed by atoms with Gasteiger partial charge >= 0.3 is 5.97 Å². The van der Waals surface area contributed by atoms with E-state index in [2.05, 4.69) is 20.9 Å². The molecule has 1 rings (SSSR count). The van der Waals surface area contributed by atoms with E-state index >= 15 is 0 Å². The van der Waals surface area contributed by atoms with Crippen LogP contribution in [0.2, 0.25) is 0 Å². The van der Waals surface area contributed by atoms with Crippen molar-refractivity contribution in [3.63, 3.8) is 0 Å². The smallest absolute Gasteiger partial charge is 0.339 e. The third kappa shape index (κ3) is 4.34. The van der Waals surface area contributed by atoms with Gasteiger partial charge in [0.05, 0.1) is 22.2 Å². The Bertz CT molecular complexity index is 405. The number of ether oxygens (including phenoxy) is 2. The van der Waals surface area contributed by atoms with Crippen LogP contribution in [0.3, 0.4) is 0 Å². The number of aromatic nitrogens is 1. The van der Waals surface area contributed by atoms with Gasteiger partial charge in [0.25, 0.3) is 0 Å². The summed E-state index contributed by atoms with van der Waals surface area (Å²) in [5.74, 6) is 0.0883. The summed E-state index contributed by atoms with van der Waals surface area (Å²) in [6.07, 6.45) is 1.34. The van der Waals surface area contributed by atoms with Crippen LogP contribution in [0.25, 0.3) is 0 Å². The van der Waals surface area contributed by atoms with Crippen molar-refractivity contribution in [2.75, 3.05) is 0 Å². The summed E-state index contributed by atoms with van der Waals surface area (Å²) in [6, 6.07) is 1.65. The van der Waals surface area contributed by atoms with Crippen molar-refractivity contribution in [3.05, 3.63) is 22.3 Å². The number of halogens is 1. The number of esters is 1. The second-order valence-electron chi connectivity index (χ2n) is 4.13. The molecule has 0 N–H and O–H groups in total. The fourth-order valence-electron chi connectivity index (χ4n) is 1.13. The highest BCUT2D eigenvalue weighted by Crippen LogP contribution is 2.24. The first kappa shape index (κ1) is 14.0. The summed E-state index contributed by atoms with van der Waals surface area (Å²) in [4.78, 5) is 15.7. The fourth-order valence-corrected chi connectivity index (χ4v) is 1.57. The largest absolute Gasteiger partial charge is 0.474 e. The van der Waals surface area contributed by atoms with Crippen LogP contribution in [0.4, 0.5) is 0 Å². The zero-order valence-corrected chi connectivity index (χ0v) is 11.9. The molecule has 0 atom stereocenters. The van der Waals surface area contributed by atoms with Crippen molar-refractivity contribution >= 4 is 21.9 Å². The summed E-state index contributed by atoms with van der Waals surface area (Å²) in [5.41, 5.74) is 0.404. The number of rotatable bonds is 4. The number of hydrogen-bond acceptors (Lipinski definition) is 4. The molecule has 5 heteroatoms. The molecule has 94 valence electrons. The molecular weight excluding hydrogens is 286 g/mol. The minimum atomic E-state index is -0.385. The Morgan fingerprint density at radius 3 is 2.41 bits per heavy atom. The maximum absolute atomic E-state index is 11.6. The van der Waals surface area contributed by atoms with Crippen molar-refractivity contribution in [3.8, 4) is 5.88 Å². The molecule has 0 fully saturated rings. The van der Waals surface area contributed by atoms with Crippen LogP contribution in [0, 0.1) is 0 Å². The highest BCUT2D eigenvalue weighted by Gasteiger charge is 2.13. The Kier molecular flexibility index (Phi) is 4.93. The van der Waals surface area contributed by atoms with Crippen molar-refractivity contribution in [2.45, 2.75) is 39.9 Å². The minimum Gasteiger partial charge on any atom is -0.474 e. The highest BCUT2D eigenvalue weighted by atomic mass is 79.9. The Labute approximate surface area is 109 Å². The lowest BCUT2D eigenvalue weighted by Crippen LogP contribution is -2.13. The van der Waals surface area contributed by atoms with Crippen LogP contribution < -0.4 is 4.74 Å². The van der Waals surface area contributed by atoms with Gasteiger partial charge in [0.1, 0.15) is 0 Å². The molecule has 17 heavy (non-hydrogen) atoms. The molecule has 0 radical (unpaired) electrons. The summed E-state index contributed by atoms with van der Waals surface area (Å²) < 4.78 is 11.2. The van der Waals surface area contributed by atoms with Gasteiger partial charge in [-0.25, -0.2) is 9.78 Å². The van der Waals surface area contributed by atoms with Crippen molar-refractivity contribution in [2.24, 2.45) is 0 Å². The van der Waals surface area contributed by atoms with E-state index in [-0.39, 0.29) is 18.2 Å². The molecule has 1 heterocycles. The van der Waals surface area contributed by atoms with E-state index in [0.29, 0.717) is 15.9 Å². The maximum atomic E-state index is 11.6. The van der Waals surface area contributed by atoms with Gasteiger partial charge in [0.15, 0.2) is 0 Å². The SMILES string of the molecule is CC(C)OC(=O)c1cnc(OC(C)C)c(Br)c1. The fraction of sp³-hybridized carbons (Fsp3) is 0.500. The van der Waals surface area contributed by atoms with Crippen LogP contribution in [0.1, 0.15) is 38.1 Å². The number of carbonyl (C=O) groups is 1. The average Bonchev–Trinajstić information content (AvgIpc) is 2.19. The Morgan fingerprint density at radius 2 is 1.94 bits per heavy atom. The molecular formula is C12H16BrNO3. The lowest BCUT2D eigenvalue weighted by molar-refractivity contribution is 0.0377. The van der Waals surface area contributed by atoms with Gasteiger partial charge in [-0.05, 0) is 49.7 Å². The lowest BCUT2D eigenvalue weighted by Gasteiger charge is -2.11. The highest BCUT2D eigenvalue weighted by molar-refractivity contribution is 9.10. The van der Waals surface area contributed by atoms with Crippen LogP contribution in [-0.2, 0) is 4.74 Å². The van der Waals surface area contributed by atoms with Crippen LogP contribution in [0.5, 0.6) is 5.88 Å². The van der Waals surface area contributed by atoms with Gasteiger partial charge < -0.3 is 9.47 Å². The molecule has 0 saturated carbocycles. The predicted molar refractivity (Wildman–Crippen MR) is 68.3 cm³/mol. The van der Waals surface area contributed by atoms with Gasteiger partial charge in [-0.2, -0.15) is 0 Å². The zero-order chi connectivity index (χ0) is 13.0. The molecule has 0 saturated heterocycles. The molecule has 4 nitrogen and oxygen atoms in total. The molecule has 0 bridgehead atoms. The second kappa shape index (κ2) is 6.00. The van der Waals surface area contributed by atoms with Crippen molar-refractivity contribution in [1.29, 1.82) is 0 Å². The second-order valence-corrected chi connectivity index (χ2v) is 4.99. The summed E-state index contributed by atoms with van der Waals surface area (Å²) in [7, 11) is 0. The van der Waals surface area contributed by atoms with E-state index in [1.807, 2.05) is 13.8 Å². The summed E-state index contributed by atoms with van der Waals surface area (Å²) in [6.45, 7) is 7.43. The molecule has 1 aromatic rings. The maximum Gasteiger partial charge on any atom is 0.339 e. The third-order valence-electron chi connectivity index (χ3n) is 1.73. The number of carbonyl (C=O) groups excluding carboxylic acids is 1. The quantitative estimate of drug-likeness (QED) is 0.801. The predicted octanol–water partition coefficient (Wildman–Crippen LogP) is 3.20. The molecule has 1 aromatic heterocycles. The van der Waals surface area contributed by atoms with E-state index in [4.69, 9.17) is 9.47 Å². The number of nitrogens with zero attached hydrogens (tertiary/aromatic N) is 1. The van der Waals surface area contributed by atoms with Gasteiger partial charge in [-0.3, -0.25) is 0 Å². The molecule has 0 aliphatic carbocycles. The molecule has 0 amide bonds. The van der Waals surface area contributed by atoms with E-state index in [9.17, 15) is 4.79 Å². The van der Waals surface area contributed by atoms with Gasteiger partial charge in [0, 0.05) is 6.20 Å². The van der Waals surface area contributed by atoms with Crippen molar-refractivity contribution < 1.29 is 14.3 Å². The topological polar surface area (TPSA) is 48.4 Å². The van der Waals surface area contributed by atoms with Crippen molar-refractivity contribution in [1.82, 2.24) is 4.98 Å². The standard InChI is InChI=1S/C12H16BrNO3/c1-7(2)16-11-10(13)5-9(6-14-11)12(15)17-8(3)4/h5-8H,1-4H3. The third-order valence-corrected chi connectivity index (χ3v) is 2.30. The van der Waals surface area contributed by atoms with Gasteiger partial charge in [0.2, 0.25) is 5.88 Å². The van der Waals surface area contributed by atoms with Crippen LogP contribution in [-0.4, -0.2) is 23.2 Å². The normalized spacial score (nSPS) is 10.8. The lowest BCUT2D eigenvalue weighted by atomic mass is 10.3. The molecule has 0 aliphatic heterocycles. The van der Waals surface area contributed by atoms with Crippen LogP contribution in [0.15, 0.2) is 16.7 Å². The molecule has 0 unspecified atom stereocenters. The first-order valence-corrected chi connectivity index (χ1v) is 6.22. The Hall–Kier alpha value is -1.10. The van der Waals surface area contributed by atoms with E-state index in [1.165, 1.54) is 6.20 Å². The summed E-state index contributed by atoms with van der Waals surface area (Å²) >= 11 is 3.31. The Morgan fingerprint density at radius 1 is 1.29 bits per heavy atom. The minimum absolute atomic E-state index is 0.0345. The van der Waals surface area contributed by atoms with E-state index in [0.717, 1.165) is 0 Å². The van der Waals surface area contributed by atoms with E-state index < -0.39 is 0 Å². The number of pyridine rings is 1. The molecule has 0 spiro atoms. The average molecular weight is 302 g/mol. The van der Waals surface area contributed by atoms with Gasteiger partial charge in [-0.1, -0.05) is 0 Å². The first-order valence-electron chi connectivity index (χ1n) is 5.43. The Balaban J connectivity index is 2.85. The van der Waals surface area contributed by atoms with Crippen LogP contribution >= 0.6 is 15.9 Å². The summed E-state index contributed by atoms with van der Waals surface area (Å²) in [5, 5.41) is 0. The zero-order valence-electron chi connectivity index (χ0n) is 10.4. The monoisotopic (exact) mass is 301 g/mol. The van der Waals surface area contributed by atoms with E-state index in [1.54, 1.807) is 19.9 Å².